The zero-order valence-corrected chi connectivity index (χ0v) is 27.1. The van der Waals surface area contributed by atoms with Crippen molar-refractivity contribution in [3.8, 4) is 5.75 Å². The van der Waals surface area contributed by atoms with Crippen molar-refractivity contribution in [3.63, 3.8) is 0 Å². The number of guanidine groups is 1. The first-order chi connectivity index (χ1) is 23.2. The summed E-state index contributed by atoms with van der Waals surface area (Å²) in [5.41, 5.74) is 9.81. The third-order valence-corrected chi connectivity index (χ3v) is 7.86. The number of fused-ring (bicyclic) bond motifs is 1. The summed E-state index contributed by atoms with van der Waals surface area (Å²) in [6.45, 7) is 3.85. The summed E-state index contributed by atoms with van der Waals surface area (Å²) in [6, 6.07) is 22.0. The molecule has 0 spiro atoms. The van der Waals surface area contributed by atoms with E-state index in [-0.39, 0.29) is 62.0 Å². The third kappa shape index (κ3) is 10.8. The normalized spacial score (nSPS) is 13.9. The Hall–Kier alpha value is -5.43. The Morgan fingerprint density at radius 1 is 0.854 bits per heavy atom. The largest absolute Gasteiger partial charge is 0.508 e. The highest BCUT2D eigenvalue weighted by Gasteiger charge is 2.34. The van der Waals surface area contributed by atoms with Crippen LogP contribution in [0.15, 0.2) is 83.9 Å². The molecule has 0 aliphatic carbocycles. The number of urea groups is 1. The molecule has 1 heterocycles. The third-order valence-electron chi connectivity index (χ3n) is 7.86. The number of nitrogens with one attached hydrogen (secondary N) is 5. The number of phenols is 1. The minimum absolute atomic E-state index is 0.0970. The fraction of sp³-hybridized carbons (Fsp3) is 0.343. The molecule has 0 aromatic heterocycles. The average Bonchev–Trinajstić information content (AvgIpc) is 3.51. The first-order valence-electron chi connectivity index (χ1n) is 16.1. The van der Waals surface area contributed by atoms with Gasteiger partial charge in [-0.15, -0.1) is 0 Å². The molecular formula is C35H44N8O5. The van der Waals surface area contributed by atoms with E-state index in [9.17, 15) is 24.3 Å². The van der Waals surface area contributed by atoms with E-state index >= 15 is 0 Å². The second-order valence-electron chi connectivity index (χ2n) is 11.4. The maximum absolute atomic E-state index is 14.0. The Bertz CT molecular complexity index is 1540. The molecule has 0 fully saturated rings. The number of benzene rings is 3. The molecule has 1 unspecified atom stereocenters. The number of carbonyl (C=O) groups excluding carboxylic acids is 4. The summed E-state index contributed by atoms with van der Waals surface area (Å²) in [4.78, 5) is 57.2. The molecule has 0 bridgehead atoms. The molecule has 13 nitrogen and oxygen atoms in total. The molecule has 1 aliphatic rings. The summed E-state index contributed by atoms with van der Waals surface area (Å²) in [5.74, 6) is -0.745. The molecule has 4 rings (SSSR count). The number of hydrogen-bond acceptors (Lipinski definition) is 7. The number of nitrogens with zero attached hydrogens (tertiary/aromatic N) is 2. The van der Waals surface area contributed by atoms with Crippen LogP contribution in [0.3, 0.4) is 0 Å². The van der Waals surface area contributed by atoms with Crippen molar-refractivity contribution >= 4 is 29.7 Å². The highest BCUT2D eigenvalue weighted by Crippen LogP contribution is 2.31. The molecule has 2 atom stereocenters. The fourth-order valence-electron chi connectivity index (χ4n) is 5.35. The van der Waals surface area contributed by atoms with Gasteiger partial charge in [-0.05, 0) is 47.2 Å². The SMILES string of the molecule is CCC(=O)NCCNC(=O)NC(N)=NCCCC(NC(=O)[C@@H](c1ccccc1)N1Cc2ccccc2C1)C(=O)NCc1ccc(O)cc1. The zero-order chi connectivity index (χ0) is 34.3. The number of carbonyl (C=O) groups is 4. The lowest BCUT2D eigenvalue weighted by atomic mass is 10.0. The fourth-order valence-corrected chi connectivity index (χ4v) is 5.35. The van der Waals surface area contributed by atoms with E-state index in [4.69, 9.17) is 5.73 Å². The van der Waals surface area contributed by atoms with Crippen LogP contribution >= 0.6 is 0 Å². The molecule has 48 heavy (non-hydrogen) atoms. The molecule has 254 valence electrons. The van der Waals surface area contributed by atoms with Crippen LogP contribution in [-0.4, -0.2) is 65.4 Å². The molecule has 0 radical (unpaired) electrons. The van der Waals surface area contributed by atoms with Gasteiger partial charge < -0.3 is 32.1 Å². The molecule has 0 saturated carbocycles. The van der Waals surface area contributed by atoms with Gasteiger partial charge in [-0.3, -0.25) is 29.6 Å². The Labute approximate surface area is 280 Å². The number of aromatic hydroxyl groups is 1. The van der Waals surface area contributed by atoms with E-state index in [0.29, 0.717) is 25.9 Å². The highest BCUT2D eigenvalue weighted by atomic mass is 16.3. The summed E-state index contributed by atoms with van der Waals surface area (Å²) < 4.78 is 0. The van der Waals surface area contributed by atoms with Crippen molar-refractivity contribution in [2.75, 3.05) is 19.6 Å². The highest BCUT2D eigenvalue weighted by molar-refractivity contribution is 5.95. The van der Waals surface area contributed by atoms with Crippen molar-refractivity contribution in [3.05, 3.63) is 101 Å². The molecule has 8 N–H and O–H groups in total. The number of nitrogens with two attached hydrogens (primary N) is 1. The Balaban J connectivity index is 1.39. The van der Waals surface area contributed by atoms with Gasteiger partial charge in [0, 0.05) is 45.7 Å². The van der Waals surface area contributed by atoms with E-state index in [1.54, 1.807) is 31.2 Å². The van der Waals surface area contributed by atoms with Crippen LogP contribution in [0.1, 0.15) is 54.5 Å². The van der Waals surface area contributed by atoms with Crippen molar-refractivity contribution in [1.29, 1.82) is 0 Å². The second-order valence-corrected chi connectivity index (χ2v) is 11.4. The van der Waals surface area contributed by atoms with Crippen LogP contribution in [0.4, 0.5) is 4.79 Å². The van der Waals surface area contributed by atoms with Crippen molar-refractivity contribution in [2.45, 2.75) is 57.9 Å². The van der Waals surface area contributed by atoms with E-state index in [1.807, 2.05) is 42.5 Å². The van der Waals surface area contributed by atoms with Crippen LogP contribution in [0, 0.1) is 0 Å². The number of aliphatic imine (C=N–C) groups is 1. The van der Waals surface area contributed by atoms with Crippen LogP contribution in [0.25, 0.3) is 0 Å². The predicted octanol–water partition coefficient (Wildman–Crippen LogP) is 2.17. The average molecular weight is 657 g/mol. The Morgan fingerprint density at radius 2 is 1.50 bits per heavy atom. The quantitative estimate of drug-likeness (QED) is 0.0741. The monoisotopic (exact) mass is 656 g/mol. The minimum Gasteiger partial charge on any atom is -0.508 e. The lowest BCUT2D eigenvalue weighted by Gasteiger charge is -2.29. The van der Waals surface area contributed by atoms with Crippen molar-refractivity contribution < 1.29 is 24.3 Å². The zero-order valence-electron chi connectivity index (χ0n) is 27.1. The molecule has 3 aromatic rings. The van der Waals surface area contributed by atoms with Gasteiger partial charge in [0.15, 0.2) is 5.96 Å². The topological polar surface area (TPSA) is 190 Å². The van der Waals surface area contributed by atoms with E-state index < -0.39 is 18.1 Å². The summed E-state index contributed by atoms with van der Waals surface area (Å²) in [5, 5.41) is 23.2. The van der Waals surface area contributed by atoms with Gasteiger partial charge in [0.05, 0.1) is 0 Å². The standard InChI is InChI=1S/C35H44N8O5/c1-2-30(45)37-19-20-39-35(48)42-34(36)38-18-8-13-29(32(46)40-21-24-14-16-28(44)17-15-24)41-33(47)31(25-9-4-3-5-10-25)43-22-26-11-6-7-12-27(26)23-43/h3-7,9-12,14-17,29,31,44H,2,8,13,18-23H2,1H3,(H,37,45)(H,40,46)(H,41,47)(H4,36,38,39,42,48)/t29?,31-/m1/s1. The van der Waals surface area contributed by atoms with E-state index in [1.165, 1.54) is 0 Å². The van der Waals surface area contributed by atoms with Gasteiger partial charge in [-0.1, -0.05) is 73.7 Å². The smallest absolute Gasteiger partial charge is 0.321 e. The minimum atomic E-state index is -0.878. The lowest BCUT2D eigenvalue weighted by molar-refractivity contribution is -0.132. The Kier molecular flexibility index (Phi) is 13.3. The maximum Gasteiger partial charge on any atom is 0.321 e. The van der Waals surface area contributed by atoms with Gasteiger partial charge in [0.1, 0.15) is 17.8 Å². The molecule has 5 amide bonds. The first kappa shape index (κ1) is 35.4. The van der Waals surface area contributed by atoms with Crippen LogP contribution in [0.2, 0.25) is 0 Å². The van der Waals surface area contributed by atoms with E-state index in [0.717, 1.165) is 22.3 Å². The summed E-state index contributed by atoms with van der Waals surface area (Å²) in [7, 11) is 0. The van der Waals surface area contributed by atoms with Gasteiger partial charge in [-0.2, -0.15) is 0 Å². The van der Waals surface area contributed by atoms with Crippen molar-refractivity contribution in [1.82, 2.24) is 31.5 Å². The number of rotatable bonds is 15. The first-order valence-corrected chi connectivity index (χ1v) is 16.1. The molecule has 13 heteroatoms. The van der Waals surface area contributed by atoms with Crippen LogP contribution < -0.4 is 32.3 Å². The van der Waals surface area contributed by atoms with E-state index in [2.05, 4.69) is 48.6 Å². The summed E-state index contributed by atoms with van der Waals surface area (Å²) >= 11 is 0. The molecule has 3 aromatic carbocycles. The van der Waals surface area contributed by atoms with Gasteiger partial charge >= 0.3 is 6.03 Å². The molecular weight excluding hydrogens is 612 g/mol. The molecule has 1 aliphatic heterocycles. The predicted molar refractivity (Wildman–Crippen MR) is 182 cm³/mol. The summed E-state index contributed by atoms with van der Waals surface area (Å²) in [6.07, 6.45) is 1.00. The van der Waals surface area contributed by atoms with Crippen molar-refractivity contribution in [2.24, 2.45) is 10.7 Å². The van der Waals surface area contributed by atoms with Gasteiger partial charge in [-0.25, -0.2) is 4.79 Å². The Morgan fingerprint density at radius 3 is 2.17 bits per heavy atom. The number of amides is 5. The van der Waals surface area contributed by atoms with Crippen LogP contribution in [-0.2, 0) is 34.0 Å². The molecule has 0 saturated heterocycles. The van der Waals surface area contributed by atoms with Gasteiger partial charge in [0.2, 0.25) is 17.7 Å². The lowest BCUT2D eigenvalue weighted by Crippen LogP contribution is -2.50. The van der Waals surface area contributed by atoms with Gasteiger partial charge in [0.25, 0.3) is 0 Å². The number of hydrogen-bond donors (Lipinski definition) is 7. The second kappa shape index (κ2) is 18.0. The maximum atomic E-state index is 14.0. The van der Waals surface area contributed by atoms with Crippen LogP contribution in [0.5, 0.6) is 5.75 Å². The number of phenolic OH excluding ortho intramolecular Hbond substituents is 1.